The van der Waals surface area contributed by atoms with Gasteiger partial charge in [0.15, 0.2) is 0 Å². The number of nitrogens with zero attached hydrogens (tertiary/aromatic N) is 1. The van der Waals surface area contributed by atoms with Gasteiger partial charge in [-0.2, -0.15) is 4.31 Å². The van der Waals surface area contributed by atoms with Gasteiger partial charge in [-0.1, -0.05) is 51.5 Å². The number of rotatable bonds is 8. The lowest BCUT2D eigenvalue weighted by molar-refractivity contribution is 0.0730. The van der Waals surface area contributed by atoms with Crippen LogP contribution in [-0.4, -0.2) is 44.9 Å². The fraction of sp³-hybridized carbons (Fsp3) is 0.458. The summed E-state index contributed by atoms with van der Waals surface area (Å²) in [7, 11) is -3.84. The van der Waals surface area contributed by atoms with Crippen molar-refractivity contribution in [1.82, 2.24) is 9.62 Å². The van der Waals surface area contributed by atoms with Crippen molar-refractivity contribution < 1.29 is 22.3 Å². The zero-order valence-corrected chi connectivity index (χ0v) is 19.6. The maximum absolute atomic E-state index is 14.6. The molecule has 0 saturated carbocycles. The van der Waals surface area contributed by atoms with Gasteiger partial charge in [0.05, 0.1) is 29.7 Å². The van der Waals surface area contributed by atoms with Gasteiger partial charge in [0.2, 0.25) is 10.0 Å². The average Bonchev–Trinajstić information content (AvgIpc) is 2.78. The number of morpholine rings is 1. The van der Waals surface area contributed by atoms with Crippen molar-refractivity contribution in [1.29, 1.82) is 0 Å². The van der Waals surface area contributed by atoms with Crippen molar-refractivity contribution in [2.45, 2.75) is 44.6 Å². The molecule has 1 atom stereocenters. The molecule has 0 aromatic heterocycles. The summed E-state index contributed by atoms with van der Waals surface area (Å²) in [5.74, 6) is -1.35. The minimum Gasteiger partial charge on any atom is -0.379 e. The topological polar surface area (TPSA) is 75.7 Å². The van der Waals surface area contributed by atoms with E-state index >= 15 is 0 Å². The van der Waals surface area contributed by atoms with Crippen LogP contribution in [0.1, 0.15) is 54.7 Å². The second-order valence-corrected chi connectivity index (χ2v) is 10.3. The van der Waals surface area contributed by atoms with E-state index in [1.54, 1.807) is 0 Å². The number of carbonyl (C=O) groups excluding carboxylic acids is 1. The highest BCUT2D eigenvalue weighted by molar-refractivity contribution is 7.89. The van der Waals surface area contributed by atoms with Gasteiger partial charge in [-0.15, -0.1) is 0 Å². The first-order valence-corrected chi connectivity index (χ1v) is 12.4. The Morgan fingerprint density at radius 3 is 2.38 bits per heavy atom. The Bertz CT molecular complexity index is 1030. The van der Waals surface area contributed by atoms with Crippen molar-refractivity contribution in [2.75, 3.05) is 26.3 Å². The molecule has 8 heteroatoms. The maximum Gasteiger partial charge on any atom is 0.254 e. The summed E-state index contributed by atoms with van der Waals surface area (Å²) in [5, 5.41) is 2.89. The van der Waals surface area contributed by atoms with Crippen LogP contribution in [0, 0.1) is 11.7 Å². The molecule has 1 fully saturated rings. The minimum atomic E-state index is -3.84. The van der Waals surface area contributed by atoms with Crippen LogP contribution in [0.4, 0.5) is 4.39 Å². The first kappa shape index (κ1) is 24.4. The Hall–Kier alpha value is -2.29. The molecule has 6 nitrogen and oxygen atoms in total. The molecule has 0 bridgehead atoms. The smallest absolute Gasteiger partial charge is 0.254 e. The summed E-state index contributed by atoms with van der Waals surface area (Å²) >= 11 is 0. The van der Waals surface area contributed by atoms with Crippen molar-refractivity contribution >= 4 is 15.9 Å². The van der Waals surface area contributed by atoms with Crippen LogP contribution in [0.5, 0.6) is 0 Å². The molecule has 174 valence electrons. The van der Waals surface area contributed by atoms with Crippen molar-refractivity contribution in [3.8, 4) is 0 Å². The monoisotopic (exact) mass is 462 g/mol. The summed E-state index contributed by atoms with van der Waals surface area (Å²) in [4.78, 5) is 12.9. The molecular formula is C24H31FN2O4S. The van der Waals surface area contributed by atoms with Crippen LogP contribution in [0.2, 0.25) is 0 Å². The second kappa shape index (κ2) is 10.6. The van der Waals surface area contributed by atoms with E-state index in [9.17, 15) is 17.6 Å². The quantitative estimate of drug-likeness (QED) is 0.645. The predicted octanol–water partition coefficient (Wildman–Crippen LogP) is 3.93. The van der Waals surface area contributed by atoms with E-state index in [0.29, 0.717) is 13.2 Å². The maximum atomic E-state index is 14.6. The van der Waals surface area contributed by atoms with Crippen LogP contribution in [0.3, 0.4) is 0 Å². The van der Waals surface area contributed by atoms with Gasteiger partial charge >= 0.3 is 0 Å². The number of sulfonamides is 1. The Balaban J connectivity index is 1.84. The van der Waals surface area contributed by atoms with Crippen molar-refractivity contribution in [3.05, 3.63) is 65.0 Å². The molecule has 2 aromatic carbocycles. The standard InChI is InChI=1S/C24H31FN2O4S/c1-4-5-18-6-8-19(9-7-18)23(17(2)3)26-24(28)21-16-20(10-11-22(21)25)32(29,30)27-12-14-31-15-13-27/h6-11,16-17,23H,4-5,12-15H2,1-3H3,(H,26,28). The third-order valence-corrected chi connectivity index (χ3v) is 7.52. The third-order valence-electron chi connectivity index (χ3n) is 5.62. The molecule has 1 aliphatic rings. The number of amides is 1. The fourth-order valence-corrected chi connectivity index (χ4v) is 5.24. The Labute approximate surface area is 189 Å². The predicted molar refractivity (Wildman–Crippen MR) is 121 cm³/mol. The molecule has 2 aromatic rings. The molecule has 32 heavy (non-hydrogen) atoms. The van der Waals surface area contributed by atoms with E-state index in [1.807, 2.05) is 38.1 Å². The largest absolute Gasteiger partial charge is 0.379 e. The molecule has 1 N–H and O–H groups in total. The number of ether oxygens (including phenoxy) is 1. The molecule has 1 unspecified atom stereocenters. The number of carbonyl (C=O) groups is 1. The van der Waals surface area contributed by atoms with Gasteiger partial charge < -0.3 is 10.1 Å². The van der Waals surface area contributed by atoms with Crippen molar-refractivity contribution in [2.24, 2.45) is 5.92 Å². The van der Waals surface area contributed by atoms with Crippen LogP contribution in [0.25, 0.3) is 0 Å². The summed E-state index contributed by atoms with van der Waals surface area (Å²) < 4.78 is 46.9. The molecular weight excluding hydrogens is 431 g/mol. The molecule has 1 heterocycles. The zero-order chi connectivity index (χ0) is 23.3. The molecule has 1 saturated heterocycles. The third kappa shape index (κ3) is 5.54. The van der Waals surface area contributed by atoms with E-state index in [4.69, 9.17) is 4.74 Å². The molecule has 0 aliphatic carbocycles. The van der Waals surface area contributed by atoms with Gasteiger partial charge in [-0.25, -0.2) is 12.8 Å². The normalized spacial score (nSPS) is 16.2. The minimum absolute atomic E-state index is 0.0549. The first-order valence-electron chi connectivity index (χ1n) is 11.0. The van der Waals surface area contributed by atoms with E-state index in [1.165, 1.54) is 15.9 Å². The Kier molecular flexibility index (Phi) is 8.03. The van der Waals surface area contributed by atoms with E-state index in [2.05, 4.69) is 12.2 Å². The fourth-order valence-electron chi connectivity index (χ4n) is 3.81. The zero-order valence-electron chi connectivity index (χ0n) is 18.8. The number of hydrogen-bond donors (Lipinski definition) is 1. The van der Waals surface area contributed by atoms with E-state index < -0.39 is 21.7 Å². The lowest BCUT2D eigenvalue weighted by atomic mass is 9.94. The number of benzene rings is 2. The Morgan fingerprint density at radius 2 is 1.78 bits per heavy atom. The molecule has 1 amide bonds. The van der Waals surface area contributed by atoms with Gasteiger partial charge in [-0.05, 0) is 41.7 Å². The Morgan fingerprint density at radius 1 is 1.12 bits per heavy atom. The van der Waals surface area contributed by atoms with Crippen LogP contribution >= 0.6 is 0 Å². The molecule has 0 radical (unpaired) electrons. The van der Waals surface area contributed by atoms with Gasteiger partial charge in [-0.3, -0.25) is 4.79 Å². The highest BCUT2D eigenvalue weighted by Crippen LogP contribution is 2.25. The number of halogens is 1. The van der Waals surface area contributed by atoms with Crippen molar-refractivity contribution in [3.63, 3.8) is 0 Å². The summed E-state index contributed by atoms with van der Waals surface area (Å²) in [5.41, 5.74) is 1.86. The van der Waals surface area contributed by atoms with E-state index in [0.717, 1.165) is 30.5 Å². The van der Waals surface area contributed by atoms with Gasteiger partial charge in [0.25, 0.3) is 5.91 Å². The lowest BCUT2D eigenvalue weighted by Gasteiger charge is -2.26. The summed E-state index contributed by atoms with van der Waals surface area (Å²) in [6, 6.07) is 11.0. The molecule has 0 spiro atoms. The highest BCUT2D eigenvalue weighted by atomic mass is 32.2. The summed E-state index contributed by atoms with van der Waals surface area (Å²) in [6.07, 6.45) is 2.03. The van der Waals surface area contributed by atoms with Crippen LogP contribution in [0.15, 0.2) is 47.4 Å². The lowest BCUT2D eigenvalue weighted by Crippen LogP contribution is -2.40. The second-order valence-electron chi connectivity index (χ2n) is 8.34. The average molecular weight is 463 g/mol. The summed E-state index contributed by atoms with van der Waals surface area (Å²) in [6.45, 7) is 7.13. The first-order chi connectivity index (χ1) is 15.2. The van der Waals surface area contributed by atoms with Gasteiger partial charge in [0.1, 0.15) is 5.82 Å². The molecule has 3 rings (SSSR count). The van der Waals surface area contributed by atoms with Crippen LogP contribution in [-0.2, 0) is 21.2 Å². The van der Waals surface area contributed by atoms with Gasteiger partial charge in [0, 0.05) is 13.1 Å². The number of aryl methyl sites for hydroxylation is 1. The molecule has 1 aliphatic heterocycles. The van der Waals surface area contributed by atoms with Crippen LogP contribution < -0.4 is 5.32 Å². The number of nitrogens with one attached hydrogen (secondary N) is 1. The highest BCUT2D eigenvalue weighted by Gasteiger charge is 2.28. The van der Waals surface area contributed by atoms with E-state index in [-0.39, 0.29) is 35.5 Å². The number of hydrogen-bond acceptors (Lipinski definition) is 4. The SMILES string of the molecule is CCCc1ccc(C(NC(=O)c2cc(S(=O)(=O)N3CCOCC3)ccc2F)C(C)C)cc1.